The lowest BCUT2D eigenvalue weighted by atomic mass is 9.68. The molecular formula is C19H19BN2OS. The molecule has 1 aliphatic heterocycles. The van der Waals surface area contributed by atoms with Gasteiger partial charge in [0.25, 0.3) is 0 Å². The lowest BCUT2D eigenvalue weighted by Crippen LogP contribution is -2.52. The lowest BCUT2D eigenvalue weighted by Gasteiger charge is -2.30. The second kappa shape index (κ2) is 5.68. The Morgan fingerprint density at radius 2 is 1.75 bits per heavy atom. The van der Waals surface area contributed by atoms with Crippen LogP contribution in [0.1, 0.15) is 31.2 Å². The maximum absolute atomic E-state index is 10.8. The highest BCUT2D eigenvalue weighted by atomic mass is 32.2. The third-order valence-electron chi connectivity index (χ3n) is 4.85. The van der Waals surface area contributed by atoms with E-state index in [2.05, 4.69) is 30.3 Å². The van der Waals surface area contributed by atoms with Crippen molar-refractivity contribution in [1.29, 1.82) is 0 Å². The molecule has 1 N–H and O–H groups in total. The van der Waals surface area contributed by atoms with Crippen LogP contribution in [-0.4, -0.2) is 23.0 Å². The normalized spacial score (nSPS) is 20.0. The van der Waals surface area contributed by atoms with Gasteiger partial charge in [-0.15, -0.1) is 11.8 Å². The average molecular weight is 334 g/mol. The number of fused-ring (bicyclic) bond motifs is 1. The predicted octanol–water partition coefficient (Wildman–Crippen LogP) is 3.26. The molecule has 5 rings (SSSR count). The summed E-state index contributed by atoms with van der Waals surface area (Å²) >= 11 is 1.95. The maximum Gasteiger partial charge on any atom is 0.471 e. The molecule has 0 aromatic heterocycles. The van der Waals surface area contributed by atoms with Gasteiger partial charge in [-0.25, -0.2) is 0 Å². The minimum Gasteiger partial charge on any atom is -0.427 e. The summed E-state index contributed by atoms with van der Waals surface area (Å²) in [4.78, 5) is 3.08. The molecule has 0 amide bonds. The van der Waals surface area contributed by atoms with E-state index in [1.54, 1.807) is 4.92 Å². The maximum atomic E-state index is 10.8. The predicted molar refractivity (Wildman–Crippen MR) is 101 cm³/mol. The van der Waals surface area contributed by atoms with E-state index in [4.69, 9.17) is 5.10 Å². The molecule has 0 unspecified atom stereocenters. The first-order valence-electron chi connectivity index (χ1n) is 8.71. The minimum atomic E-state index is -0.717. The van der Waals surface area contributed by atoms with Crippen LogP contribution in [0.15, 0.2) is 58.5 Å². The SMILES string of the molecule is OB1c2ccccc2C(C2CC2)=NN1c1ccc(SC2CC2)cc1. The summed E-state index contributed by atoms with van der Waals surface area (Å²) in [5.41, 5.74) is 4.16. The monoisotopic (exact) mass is 334 g/mol. The molecule has 2 fully saturated rings. The van der Waals surface area contributed by atoms with E-state index >= 15 is 0 Å². The number of nitrogens with zero attached hydrogens (tertiary/aromatic N) is 2. The van der Waals surface area contributed by atoms with Gasteiger partial charge >= 0.3 is 7.05 Å². The fourth-order valence-corrected chi connectivity index (χ4v) is 4.27. The molecule has 0 saturated heterocycles. The van der Waals surface area contributed by atoms with Crippen LogP contribution in [0.25, 0.3) is 0 Å². The Hall–Kier alpha value is -1.72. The molecule has 0 bridgehead atoms. The van der Waals surface area contributed by atoms with E-state index in [0.717, 1.165) is 27.7 Å². The van der Waals surface area contributed by atoms with Gasteiger partial charge in [-0.05, 0) is 61.0 Å². The van der Waals surface area contributed by atoms with Crippen molar-refractivity contribution in [2.45, 2.75) is 35.8 Å². The summed E-state index contributed by atoms with van der Waals surface area (Å²) in [6, 6.07) is 16.6. The van der Waals surface area contributed by atoms with E-state index in [0.29, 0.717) is 5.92 Å². The summed E-state index contributed by atoms with van der Waals surface area (Å²) in [6.07, 6.45) is 5.08. The highest BCUT2D eigenvalue weighted by molar-refractivity contribution is 8.00. The average Bonchev–Trinajstić information content (AvgIpc) is 3.51. The summed E-state index contributed by atoms with van der Waals surface area (Å²) in [6.45, 7) is 0. The molecule has 1 heterocycles. The molecule has 3 nitrogen and oxygen atoms in total. The van der Waals surface area contributed by atoms with E-state index in [1.807, 2.05) is 30.0 Å². The lowest BCUT2D eigenvalue weighted by molar-refractivity contribution is 0.577. The minimum absolute atomic E-state index is 0.547. The van der Waals surface area contributed by atoms with Gasteiger partial charge < -0.3 is 5.02 Å². The van der Waals surface area contributed by atoms with Gasteiger partial charge in [0.05, 0.1) is 5.71 Å². The van der Waals surface area contributed by atoms with Crippen molar-refractivity contribution in [2.75, 3.05) is 4.92 Å². The molecule has 2 aromatic carbocycles. The molecular weight excluding hydrogens is 315 g/mol. The van der Waals surface area contributed by atoms with Crippen molar-refractivity contribution in [3.63, 3.8) is 0 Å². The zero-order chi connectivity index (χ0) is 16.1. The van der Waals surface area contributed by atoms with Crippen LogP contribution >= 0.6 is 11.8 Å². The van der Waals surface area contributed by atoms with Crippen LogP contribution < -0.4 is 10.4 Å². The Morgan fingerprint density at radius 1 is 1.00 bits per heavy atom. The van der Waals surface area contributed by atoms with Crippen LogP contribution in [0.4, 0.5) is 5.69 Å². The molecule has 24 heavy (non-hydrogen) atoms. The van der Waals surface area contributed by atoms with Crippen molar-refractivity contribution < 1.29 is 5.02 Å². The topological polar surface area (TPSA) is 35.8 Å². The number of hydrazone groups is 1. The number of hydrogen-bond acceptors (Lipinski definition) is 4. The molecule has 5 heteroatoms. The second-order valence-corrected chi connectivity index (χ2v) is 8.25. The van der Waals surface area contributed by atoms with Crippen molar-refractivity contribution in [3.8, 4) is 0 Å². The quantitative estimate of drug-likeness (QED) is 0.872. The third-order valence-corrected chi connectivity index (χ3v) is 6.20. The molecule has 2 aromatic rings. The van der Waals surface area contributed by atoms with E-state index in [9.17, 15) is 5.02 Å². The van der Waals surface area contributed by atoms with Gasteiger partial charge in [-0.1, -0.05) is 24.3 Å². The first-order chi connectivity index (χ1) is 11.8. The van der Waals surface area contributed by atoms with Crippen molar-refractivity contribution in [2.24, 2.45) is 11.0 Å². The standard InChI is InChI=1S/C19H19BN2OS/c23-20-18-4-2-1-3-17(18)19(13-5-6-13)21-22(20)14-7-9-15(10-8-14)24-16-11-12-16/h1-4,7-10,13,16,23H,5-6,11-12H2. The van der Waals surface area contributed by atoms with Gasteiger partial charge in [0.1, 0.15) is 0 Å². The Labute approximate surface area is 146 Å². The van der Waals surface area contributed by atoms with Gasteiger partial charge in [-0.3, -0.25) is 4.92 Å². The third kappa shape index (κ3) is 2.66. The Bertz CT molecular complexity index is 799. The summed E-state index contributed by atoms with van der Waals surface area (Å²) in [5, 5.41) is 16.5. The van der Waals surface area contributed by atoms with E-state index in [-0.39, 0.29) is 0 Å². The van der Waals surface area contributed by atoms with Gasteiger partial charge in [0.15, 0.2) is 0 Å². The molecule has 2 saturated carbocycles. The fraction of sp³-hybridized carbons (Fsp3) is 0.316. The Balaban J connectivity index is 1.49. The largest absolute Gasteiger partial charge is 0.471 e. The molecule has 2 aliphatic carbocycles. The summed E-state index contributed by atoms with van der Waals surface area (Å²) in [5.74, 6) is 0.547. The molecule has 0 radical (unpaired) electrons. The molecule has 0 atom stereocenters. The fourth-order valence-electron chi connectivity index (χ4n) is 3.22. The Morgan fingerprint density at radius 3 is 2.46 bits per heavy atom. The van der Waals surface area contributed by atoms with E-state index in [1.165, 1.54) is 30.6 Å². The Kier molecular flexibility index (Phi) is 3.46. The van der Waals surface area contributed by atoms with Gasteiger partial charge in [0, 0.05) is 21.8 Å². The van der Waals surface area contributed by atoms with Crippen LogP contribution in [0.2, 0.25) is 0 Å². The van der Waals surface area contributed by atoms with Crippen molar-refractivity contribution in [1.82, 2.24) is 0 Å². The van der Waals surface area contributed by atoms with E-state index < -0.39 is 7.05 Å². The highest BCUT2D eigenvalue weighted by Gasteiger charge is 2.38. The smallest absolute Gasteiger partial charge is 0.427 e. The highest BCUT2D eigenvalue weighted by Crippen LogP contribution is 2.40. The summed E-state index contributed by atoms with van der Waals surface area (Å²) in [7, 11) is -0.717. The first kappa shape index (κ1) is 14.6. The molecule has 120 valence electrons. The molecule has 3 aliphatic rings. The zero-order valence-corrected chi connectivity index (χ0v) is 14.2. The molecule has 0 spiro atoms. The number of benzene rings is 2. The van der Waals surface area contributed by atoms with Crippen LogP contribution in [0.5, 0.6) is 0 Å². The number of hydrogen-bond donors (Lipinski definition) is 1. The van der Waals surface area contributed by atoms with Crippen LogP contribution in [0, 0.1) is 5.92 Å². The number of thioether (sulfide) groups is 1. The zero-order valence-electron chi connectivity index (χ0n) is 13.4. The van der Waals surface area contributed by atoms with Crippen LogP contribution in [0.3, 0.4) is 0 Å². The van der Waals surface area contributed by atoms with Crippen molar-refractivity contribution in [3.05, 3.63) is 54.1 Å². The van der Waals surface area contributed by atoms with Crippen molar-refractivity contribution >= 4 is 35.7 Å². The number of anilines is 1. The van der Waals surface area contributed by atoms with Gasteiger partial charge in [-0.2, -0.15) is 5.10 Å². The summed E-state index contributed by atoms with van der Waals surface area (Å²) < 4.78 is 0. The number of rotatable bonds is 4. The van der Waals surface area contributed by atoms with Gasteiger partial charge in [0.2, 0.25) is 0 Å². The second-order valence-electron chi connectivity index (χ2n) is 6.88. The van der Waals surface area contributed by atoms with Crippen LogP contribution in [-0.2, 0) is 0 Å². The first-order valence-corrected chi connectivity index (χ1v) is 9.59.